The summed E-state index contributed by atoms with van der Waals surface area (Å²) in [6.45, 7) is 2.45. The van der Waals surface area contributed by atoms with Crippen LogP contribution in [0.15, 0.2) is 48.5 Å². The molecular formula is C20H21N3O5S. The maximum absolute atomic E-state index is 12.4. The highest BCUT2D eigenvalue weighted by Crippen LogP contribution is 2.17. The lowest BCUT2D eigenvalue weighted by Crippen LogP contribution is -2.48. The minimum absolute atomic E-state index is 0.112. The first-order valence-corrected chi connectivity index (χ1v) is 9.19. The van der Waals surface area contributed by atoms with E-state index in [4.69, 9.17) is 17.0 Å². The fourth-order valence-corrected chi connectivity index (χ4v) is 2.43. The average molecular weight is 415 g/mol. The van der Waals surface area contributed by atoms with E-state index < -0.39 is 17.8 Å². The fraction of sp³-hybridized carbons (Fsp3) is 0.200. The first kappa shape index (κ1) is 21.8. The maximum atomic E-state index is 12.4. The van der Waals surface area contributed by atoms with Gasteiger partial charge in [0.2, 0.25) is 0 Å². The van der Waals surface area contributed by atoms with Crippen LogP contribution in [-0.4, -0.2) is 36.6 Å². The van der Waals surface area contributed by atoms with Crippen LogP contribution in [0.5, 0.6) is 5.75 Å². The molecule has 3 N–H and O–H groups in total. The van der Waals surface area contributed by atoms with Crippen molar-refractivity contribution in [3.05, 3.63) is 65.2 Å². The predicted octanol–water partition coefficient (Wildman–Crippen LogP) is 2.21. The zero-order valence-electron chi connectivity index (χ0n) is 16.0. The van der Waals surface area contributed by atoms with Gasteiger partial charge in [0.05, 0.1) is 24.8 Å². The van der Waals surface area contributed by atoms with Gasteiger partial charge in [-0.25, -0.2) is 4.79 Å². The number of rotatable bonds is 6. The van der Waals surface area contributed by atoms with Crippen LogP contribution in [0.1, 0.15) is 44.4 Å². The Morgan fingerprint density at radius 3 is 2.41 bits per heavy atom. The molecule has 0 saturated carbocycles. The average Bonchev–Trinajstić information content (AvgIpc) is 2.75. The number of hydrogen-bond donors (Lipinski definition) is 3. The molecule has 9 heteroatoms. The highest BCUT2D eigenvalue weighted by molar-refractivity contribution is 7.80. The van der Waals surface area contributed by atoms with Crippen molar-refractivity contribution in [3.63, 3.8) is 0 Å². The Hall–Kier alpha value is -3.46. The number of amides is 2. The molecule has 0 heterocycles. The molecule has 0 radical (unpaired) electrons. The van der Waals surface area contributed by atoms with Crippen molar-refractivity contribution in [3.8, 4) is 5.75 Å². The van der Waals surface area contributed by atoms with Gasteiger partial charge in [-0.3, -0.25) is 25.8 Å². The van der Waals surface area contributed by atoms with Gasteiger partial charge in [0, 0.05) is 5.56 Å². The fourth-order valence-electron chi connectivity index (χ4n) is 2.28. The number of esters is 1. The van der Waals surface area contributed by atoms with Gasteiger partial charge in [-0.1, -0.05) is 25.1 Å². The largest absolute Gasteiger partial charge is 0.493 e. The van der Waals surface area contributed by atoms with E-state index in [9.17, 15) is 14.4 Å². The molecular weight excluding hydrogens is 394 g/mol. The second-order valence-corrected chi connectivity index (χ2v) is 6.19. The second kappa shape index (κ2) is 10.8. The van der Waals surface area contributed by atoms with Gasteiger partial charge in [0.1, 0.15) is 5.75 Å². The monoisotopic (exact) mass is 415 g/mol. The summed E-state index contributed by atoms with van der Waals surface area (Å²) in [6.07, 6.45) is 0.807. The Morgan fingerprint density at radius 1 is 0.966 bits per heavy atom. The minimum atomic E-state index is -0.559. The lowest BCUT2D eigenvalue weighted by molar-refractivity contribution is 0.0600. The second-order valence-electron chi connectivity index (χ2n) is 5.78. The molecule has 0 unspecified atom stereocenters. The number of nitrogens with one attached hydrogen (secondary N) is 3. The number of hydrazine groups is 1. The summed E-state index contributed by atoms with van der Waals surface area (Å²) >= 11 is 5.03. The molecule has 2 rings (SSSR count). The number of benzene rings is 2. The van der Waals surface area contributed by atoms with Crippen LogP contribution in [-0.2, 0) is 4.74 Å². The van der Waals surface area contributed by atoms with E-state index in [1.807, 2.05) is 6.92 Å². The smallest absolute Gasteiger partial charge is 0.337 e. The summed E-state index contributed by atoms with van der Waals surface area (Å²) in [5.74, 6) is -1.13. The van der Waals surface area contributed by atoms with E-state index in [1.165, 1.54) is 25.3 Å². The molecule has 0 saturated heterocycles. The summed E-state index contributed by atoms with van der Waals surface area (Å²) in [5.41, 5.74) is 5.65. The van der Waals surface area contributed by atoms with Gasteiger partial charge >= 0.3 is 5.97 Å². The molecule has 0 aliphatic heterocycles. The van der Waals surface area contributed by atoms with Crippen molar-refractivity contribution in [2.45, 2.75) is 13.3 Å². The molecule has 0 aliphatic carbocycles. The summed E-state index contributed by atoms with van der Waals surface area (Å²) in [7, 11) is 1.25. The third-order valence-electron chi connectivity index (χ3n) is 3.66. The predicted molar refractivity (Wildman–Crippen MR) is 111 cm³/mol. The maximum Gasteiger partial charge on any atom is 0.337 e. The van der Waals surface area contributed by atoms with Gasteiger partial charge in [-0.05, 0) is 49.0 Å². The number of para-hydroxylation sites is 1. The van der Waals surface area contributed by atoms with E-state index in [0.29, 0.717) is 17.9 Å². The zero-order chi connectivity index (χ0) is 21.2. The van der Waals surface area contributed by atoms with Crippen LogP contribution < -0.4 is 20.9 Å². The van der Waals surface area contributed by atoms with Crippen molar-refractivity contribution < 1.29 is 23.9 Å². The summed E-state index contributed by atoms with van der Waals surface area (Å²) < 4.78 is 10.2. The van der Waals surface area contributed by atoms with Crippen LogP contribution in [0.3, 0.4) is 0 Å². The van der Waals surface area contributed by atoms with Crippen molar-refractivity contribution in [2.75, 3.05) is 13.7 Å². The minimum Gasteiger partial charge on any atom is -0.493 e. The number of hydrogen-bond acceptors (Lipinski definition) is 6. The summed E-state index contributed by atoms with van der Waals surface area (Å²) in [6, 6.07) is 12.8. The van der Waals surface area contributed by atoms with Crippen molar-refractivity contribution >= 4 is 35.1 Å². The highest BCUT2D eigenvalue weighted by Gasteiger charge is 2.14. The van der Waals surface area contributed by atoms with E-state index in [-0.39, 0.29) is 16.2 Å². The molecule has 0 atom stereocenters. The van der Waals surface area contributed by atoms with Gasteiger partial charge in [-0.2, -0.15) is 0 Å². The van der Waals surface area contributed by atoms with Gasteiger partial charge < -0.3 is 9.47 Å². The molecule has 2 aromatic carbocycles. The topological polar surface area (TPSA) is 106 Å². The SMILES string of the molecule is CCCOc1ccccc1C(=O)NNC(=S)NC(=O)c1cccc(C(=O)OC)c1. The normalized spacial score (nSPS) is 9.86. The van der Waals surface area contributed by atoms with Crippen LogP contribution >= 0.6 is 12.2 Å². The first-order chi connectivity index (χ1) is 14.0. The van der Waals surface area contributed by atoms with E-state index in [0.717, 1.165) is 6.42 Å². The number of carbonyl (C=O) groups is 3. The first-order valence-electron chi connectivity index (χ1n) is 8.78. The van der Waals surface area contributed by atoms with Gasteiger partial charge in [-0.15, -0.1) is 0 Å². The Labute approximate surface area is 173 Å². The van der Waals surface area contributed by atoms with Gasteiger partial charge in [0.15, 0.2) is 5.11 Å². The summed E-state index contributed by atoms with van der Waals surface area (Å²) in [5, 5.41) is 2.31. The zero-order valence-corrected chi connectivity index (χ0v) is 16.8. The molecule has 29 heavy (non-hydrogen) atoms. The highest BCUT2D eigenvalue weighted by atomic mass is 32.1. The summed E-state index contributed by atoms with van der Waals surface area (Å²) in [4.78, 5) is 36.2. The van der Waals surface area contributed by atoms with Crippen LogP contribution in [0.25, 0.3) is 0 Å². The Bertz CT molecular complexity index is 916. The van der Waals surface area contributed by atoms with E-state index >= 15 is 0 Å². The van der Waals surface area contributed by atoms with E-state index in [2.05, 4.69) is 20.9 Å². The standard InChI is InChI=1S/C20H21N3O5S/c1-3-11-28-16-10-5-4-9-15(16)18(25)22-23-20(29)21-17(24)13-7-6-8-14(12-13)19(26)27-2/h4-10,12H,3,11H2,1-2H3,(H,22,25)(H2,21,23,24,29). The number of ether oxygens (including phenoxy) is 2. The number of thiocarbonyl (C=S) groups is 1. The quantitative estimate of drug-likeness (QED) is 0.377. The Kier molecular flexibility index (Phi) is 8.11. The molecule has 0 fully saturated rings. The van der Waals surface area contributed by atoms with Crippen LogP contribution in [0, 0.1) is 0 Å². The Balaban J connectivity index is 1.94. The molecule has 0 bridgehead atoms. The molecule has 152 valence electrons. The third kappa shape index (κ3) is 6.28. The molecule has 8 nitrogen and oxygen atoms in total. The molecule has 2 amide bonds. The van der Waals surface area contributed by atoms with Crippen molar-refractivity contribution in [1.82, 2.24) is 16.2 Å². The van der Waals surface area contributed by atoms with Gasteiger partial charge in [0.25, 0.3) is 11.8 Å². The van der Waals surface area contributed by atoms with Crippen molar-refractivity contribution in [1.29, 1.82) is 0 Å². The lowest BCUT2D eigenvalue weighted by Gasteiger charge is -2.13. The molecule has 2 aromatic rings. The van der Waals surface area contributed by atoms with Crippen molar-refractivity contribution in [2.24, 2.45) is 0 Å². The third-order valence-corrected chi connectivity index (χ3v) is 3.86. The van der Waals surface area contributed by atoms with E-state index in [1.54, 1.807) is 30.3 Å². The van der Waals surface area contributed by atoms with Crippen LogP contribution in [0.4, 0.5) is 0 Å². The van der Waals surface area contributed by atoms with Crippen LogP contribution in [0.2, 0.25) is 0 Å². The Morgan fingerprint density at radius 2 is 1.69 bits per heavy atom. The molecule has 0 aliphatic rings. The molecule has 0 aromatic heterocycles. The number of methoxy groups -OCH3 is 1. The number of carbonyl (C=O) groups excluding carboxylic acids is 3. The lowest BCUT2D eigenvalue weighted by atomic mass is 10.1. The molecule has 0 spiro atoms.